The minimum Gasteiger partial charge on any atom is -0.306 e. The van der Waals surface area contributed by atoms with Gasteiger partial charge in [0.05, 0.1) is 24.1 Å². The number of nitrogens with zero attached hydrogens (tertiary/aromatic N) is 2. The van der Waals surface area contributed by atoms with Crippen LogP contribution in [-0.2, 0) is 21.2 Å². The SMILES string of the molecule is O=C1CN(Cc2ccccc2Cl)[C@H]2CS(=O)(=O)C[C@H]2N1c1ccccc1. The number of hydrogen-bond acceptors (Lipinski definition) is 4. The smallest absolute Gasteiger partial charge is 0.241 e. The van der Waals surface area contributed by atoms with Crippen molar-refractivity contribution in [2.45, 2.75) is 18.6 Å². The molecule has 2 saturated heterocycles. The van der Waals surface area contributed by atoms with Crippen molar-refractivity contribution in [1.29, 1.82) is 0 Å². The summed E-state index contributed by atoms with van der Waals surface area (Å²) in [7, 11) is -3.20. The van der Waals surface area contributed by atoms with Crippen molar-refractivity contribution in [3.63, 3.8) is 0 Å². The molecule has 4 rings (SSSR count). The molecule has 0 aromatic heterocycles. The van der Waals surface area contributed by atoms with Gasteiger partial charge in [-0.2, -0.15) is 0 Å². The lowest BCUT2D eigenvalue weighted by Crippen LogP contribution is -2.61. The molecule has 136 valence electrons. The van der Waals surface area contributed by atoms with Gasteiger partial charge in [0.15, 0.2) is 9.84 Å². The molecule has 2 aromatic rings. The van der Waals surface area contributed by atoms with Gasteiger partial charge in [-0.1, -0.05) is 48.0 Å². The Hall–Kier alpha value is -1.89. The zero-order valence-corrected chi connectivity index (χ0v) is 15.7. The Labute approximate surface area is 158 Å². The fraction of sp³-hybridized carbons (Fsp3) is 0.316. The highest BCUT2D eigenvalue weighted by Crippen LogP contribution is 2.33. The third-order valence-electron chi connectivity index (χ3n) is 5.07. The van der Waals surface area contributed by atoms with Crippen LogP contribution in [0.5, 0.6) is 0 Å². The summed E-state index contributed by atoms with van der Waals surface area (Å²) in [6, 6.07) is 16.2. The Morgan fingerprint density at radius 1 is 0.962 bits per heavy atom. The molecule has 2 atom stereocenters. The predicted molar refractivity (Wildman–Crippen MR) is 102 cm³/mol. The van der Waals surface area contributed by atoms with E-state index in [1.807, 2.05) is 59.5 Å². The summed E-state index contributed by atoms with van der Waals surface area (Å²) in [6.45, 7) is 0.640. The summed E-state index contributed by atoms with van der Waals surface area (Å²) in [5.74, 6) is -0.0163. The Balaban J connectivity index is 1.68. The number of para-hydroxylation sites is 1. The van der Waals surface area contributed by atoms with Gasteiger partial charge in [-0.3, -0.25) is 9.69 Å². The molecule has 2 fully saturated rings. The normalized spacial score (nSPS) is 25.3. The predicted octanol–water partition coefficient (Wildman–Crippen LogP) is 2.35. The largest absolute Gasteiger partial charge is 0.306 e. The lowest BCUT2D eigenvalue weighted by atomic mass is 10.0. The summed E-state index contributed by atoms with van der Waals surface area (Å²) in [6.07, 6.45) is 0. The van der Waals surface area contributed by atoms with Crippen LogP contribution in [0.2, 0.25) is 5.02 Å². The molecule has 7 heteroatoms. The molecular formula is C19H19ClN2O3S. The highest BCUT2D eigenvalue weighted by atomic mass is 35.5. The second-order valence-corrected chi connectivity index (χ2v) is 9.37. The molecule has 2 aliphatic rings. The minimum atomic E-state index is -3.20. The van der Waals surface area contributed by atoms with Crippen molar-refractivity contribution in [1.82, 2.24) is 4.90 Å². The van der Waals surface area contributed by atoms with E-state index in [9.17, 15) is 13.2 Å². The number of amides is 1. The van der Waals surface area contributed by atoms with Gasteiger partial charge in [0.1, 0.15) is 0 Å². The average Bonchev–Trinajstić information content (AvgIpc) is 2.93. The highest BCUT2D eigenvalue weighted by molar-refractivity contribution is 7.91. The van der Waals surface area contributed by atoms with E-state index < -0.39 is 9.84 Å². The van der Waals surface area contributed by atoms with Crippen LogP contribution in [-0.4, -0.2) is 49.4 Å². The third-order valence-corrected chi connectivity index (χ3v) is 7.13. The maximum Gasteiger partial charge on any atom is 0.241 e. The van der Waals surface area contributed by atoms with Gasteiger partial charge in [0.25, 0.3) is 0 Å². The maximum atomic E-state index is 12.9. The van der Waals surface area contributed by atoms with Crippen LogP contribution in [0.1, 0.15) is 5.56 Å². The fourth-order valence-electron chi connectivity index (χ4n) is 3.90. The first-order chi connectivity index (χ1) is 12.4. The van der Waals surface area contributed by atoms with Gasteiger partial charge in [-0.05, 0) is 23.8 Å². The van der Waals surface area contributed by atoms with Gasteiger partial charge in [0.2, 0.25) is 5.91 Å². The van der Waals surface area contributed by atoms with Crippen LogP contribution in [0.25, 0.3) is 0 Å². The van der Waals surface area contributed by atoms with Crippen molar-refractivity contribution in [2.75, 3.05) is 23.0 Å². The molecular weight excluding hydrogens is 372 g/mol. The molecule has 0 saturated carbocycles. The van der Waals surface area contributed by atoms with Gasteiger partial charge >= 0.3 is 0 Å². The number of sulfone groups is 1. The molecule has 26 heavy (non-hydrogen) atoms. The van der Waals surface area contributed by atoms with E-state index in [0.717, 1.165) is 11.3 Å². The number of carbonyl (C=O) groups is 1. The number of fused-ring (bicyclic) bond motifs is 1. The monoisotopic (exact) mass is 390 g/mol. The molecule has 2 heterocycles. The average molecular weight is 391 g/mol. The second-order valence-electron chi connectivity index (χ2n) is 6.81. The van der Waals surface area contributed by atoms with Crippen LogP contribution in [0.15, 0.2) is 54.6 Å². The zero-order valence-electron chi connectivity index (χ0n) is 14.1. The summed E-state index contributed by atoms with van der Waals surface area (Å²) >= 11 is 6.26. The van der Waals surface area contributed by atoms with Crippen molar-refractivity contribution < 1.29 is 13.2 Å². The van der Waals surface area contributed by atoms with Crippen molar-refractivity contribution in [3.8, 4) is 0 Å². The molecule has 0 bridgehead atoms. The van der Waals surface area contributed by atoms with E-state index >= 15 is 0 Å². The Bertz CT molecular complexity index is 933. The van der Waals surface area contributed by atoms with E-state index in [-0.39, 0.29) is 36.0 Å². The van der Waals surface area contributed by atoms with Gasteiger partial charge in [-0.15, -0.1) is 0 Å². The van der Waals surface area contributed by atoms with Crippen LogP contribution < -0.4 is 4.90 Å². The fourth-order valence-corrected chi connectivity index (χ4v) is 6.08. The summed E-state index contributed by atoms with van der Waals surface area (Å²) in [4.78, 5) is 16.5. The number of halogens is 1. The summed E-state index contributed by atoms with van der Waals surface area (Å²) < 4.78 is 24.7. The lowest BCUT2D eigenvalue weighted by molar-refractivity contribution is -0.123. The van der Waals surface area contributed by atoms with Crippen LogP contribution in [0.3, 0.4) is 0 Å². The molecule has 0 spiro atoms. The molecule has 2 aromatic carbocycles. The number of rotatable bonds is 3. The first-order valence-electron chi connectivity index (χ1n) is 8.49. The van der Waals surface area contributed by atoms with Crippen molar-refractivity contribution >= 4 is 33.0 Å². The van der Waals surface area contributed by atoms with Crippen molar-refractivity contribution in [3.05, 3.63) is 65.2 Å². The molecule has 1 amide bonds. The van der Waals surface area contributed by atoms with Crippen LogP contribution >= 0.6 is 11.6 Å². The van der Waals surface area contributed by atoms with Crippen LogP contribution in [0, 0.1) is 0 Å². The number of anilines is 1. The molecule has 0 unspecified atom stereocenters. The molecule has 0 N–H and O–H groups in total. The van der Waals surface area contributed by atoms with Gasteiger partial charge < -0.3 is 4.90 Å². The first-order valence-corrected chi connectivity index (χ1v) is 10.7. The Morgan fingerprint density at radius 2 is 1.62 bits per heavy atom. The van der Waals surface area contributed by atoms with E-state index in [4.69, 9.17) is 11.6 Å². The molecule has 5 nitrogen and oxygen atoms in total. The molecule has 0 aliphatic carbocycles. The topological polar surface area (TPSA) is 57.7 Å². The number of carbonyl (C=O) groups excluding carboxylic acids is 1. The van der Waals surface area contributed by atoms with E-state index in [1.165, 1.54) is 0 Å². The summed E-state index contributed by atoms with van der Waals surface area (Å²) in [5, 5.41) is 0.628. The summed E-state index contributed by atoms with van der Waals surface area (Å²) in [5.41, 5.74) is 1.65. The lowest BCUT2D eigenvalue weighted by Gasteiger charge is -2.43. The minimum absolute atomic E-state index is 0.00266. The number of hydrogen-bond donors (Lipinski definition) is 0. The molecule has 0 radical (unpaired) electrons. The zero-order chi connectivity index (χ0) is 18.3. The van der Waals surface area contributed by atoms with Gasteiger partial charge in [0, 0.05) is 23.3 Å². The highest BCUT2D eigenvalue weighted by Gasteiger charge is 2.49. The van der Waals surface area contributed by atoms with Gasteiger partial charge in [-0.25, -0.2) is 8.42 Å². The third kappa shape index (κ3) is 3.24. The Morgan fingerprint density at radius 3 is 2.35 bits per heavy atom. The first kappa shape index (κ1) is 17.5. The van der Waals surface area contributed by atoms with E-state index in [2.05, 4.69) is 0 Å². The van der Waals surface area contributed by atoms with E-state index in [0.29, 0.717) is 11.6 Å². The van der Waals surface area contributed by atoms with Crippen LogP contribution in [0.4, 0.5) is 5.69 Å². The molecule has 2 aliphatic heterocycles. The standard InChI is InChI=1S/C19H19ClN2O3S/c20-16-9-5-4-6-14(16)10-21-11-19(23)22(15-7-2-1-3-8-15)18-13-26(24,25)12-17(18)21/h1-9,17-18H,10-13H2/t17-,18+/m0/s1. The maximum absolute atomic E-state index is 12.9. The van der Waals surface area contributed by atoms with E-state index in [1.54, 1.807) is 4.90 Å². The van der Waals surface area contributed by atoms with Crippen molar-refractivity contribution in [2.24, 2.45) is 0 Å². The Kier molecular flexibility index (Phi) is 4.50. The quantitative estimate of drug-likeness (QED) is 0.807. The second kappa shape index (κ2) is 6.68. The number of piperazine rings is 1. The number of benzene rings is 2.